The van der Waals surface area contributed by atoms with Crippen LogP contribution in [-0.2, 0) is 38.4 Å². The number of halogens is 5. The van der Waals surface area contributed by atoms with Crippen LogP contribution in [0.1, 0.15) is 65.1 Å². The van der Waals surface area contributed by atoms with Gasteiger partial charge in [0.1, 0.15) is 11.5 Å². The van der Waals surface area contributed by atoms with Gasteiger partial charge in [-0.25, -0.2) is 0 Å². The third kappa shape index (κ3) is 15.3. The van der Waals surface area contributed by atoms with Crippen LogP contribution < -0.4 is 30.7 Å². The van der Waals surface area contributed by atoms with Gasteiger partial charge in [0.2, 0.25) is 12.1 Å². The molecule has 0 bridgehead atoms. The number of carbonyl (C=O) groups is 6. The molecule has 0 aromatic heterocycles. The van der Waals surface area contributed by atoms with E-state index in [1.807, 2.05) is 26.0 Å². The van der Waals surface area contributed by atoms with Crippen LogP contribution in [0.2, 0.25) is 10.0 Å². The summed E-state index contributed by atoms with van der Waals surface area (Å²) >= 11 is 30.9. The quantitative estimate of drug-likeness (QED) is 0.0264. The second kappa shape index (κ2) is 27.2. The lowest BCUT2D eigenvalue weighted by molar-refractivity contribution is -0.127. The largest absolute Gasteiger partial charge is 0.491 e. The SMILES string of the molecule is CCOc1c(CCCl)cccc1NC(=O)c1cc(N=NC(C(C)=O)C(=O)Nc2ccc(NC(=O)C(N=Nc3ccc(Cl)c(C(=O)Nc4cccc(CCCl)c4OCC)c3)C(C)=O)c(CCCl)c2)ccc1Cl. The lowest BCUT2D eigenvalue weighted by atomic mass is 10.1. The number of anilines is 4. The zero-order valence-corrected chi connectivity index (χ0v) is 42.7. The Bertz CT molecular complexity index is 2850. The number of amides is 4. The van der Waals surface area contributed by atoms with Gasteiger partial charge >= 0.3 is 0 Å². The molecule has 372 valence electrons. The number of nitrogens with zero attached hydrogens (tertiary/aromatic N) is 4. The number of nitrogens with one attached hydrogen (secondary N) is 4. The summed E-state index contributed by atoms with van der Waals surface area (Å²) in [5.41, 5.74) is 3.75. The number of hydrogen-bond acceptors (Lipinski definition) is 12. The van der Waals surface area contributed by atoms with Crippen molar-refractivity contribution < 1.29 is 38.2 Å². The topological polar surface area (TPSA) is 218 Å². The normalized spacial score (nSPS) is 12.0. The van der Waals surface area contributed by atoms with E-state index in [9.17, 15) is 28.8 Å². The molecule has 5 aromatic rings. The highest BCUT2D eigenvalue weighted by atomic mass is 35.5. The van der Waals surface area contributed by atoms with Crippen molar-refractivity contribution in [3.8, 4) is 11.5 Å². The summed E-state index contributed by atoms with van der Waals surface area (Å²) in [7, 11) is 0. The Morgan fingerprint density at radius 3 is 1.38 bits per heavy atom. The molecule has 0 heterocycles. The van der Waals surface area contributed by atoms with Crippen LogP contribution in [0.5, 0.6) is 11.5 Å². The molecular formula is C50H49Cl5N8O8. The summed E-state index contributed by atoms with van der Waals surface area (Å²) < 4.78 is 11.6. The zero-order valence-electron chi connectivity index (χ0n) is 38.9. The van der Waals surface area contributed by atoms with Gasteiger partial charge in [0.05, 0.1) is 57.1 Å². The van der Waals surface area contributed by atoms with Crippen LogP contribution in [0.25, 0.3) is 0 Å². The Morgan fingerprint density at radius 2 is 0.958 bits per heavy atom. The van der Waals surface area contributed by atoms with E-state index in [0.717, 1.165) is 11.1 Å². The Kier molecular flexibility index (Phi) is 21.3. The van der Waals surface area contributed by atoms with E-state index in [0.29, 0.717) is 66.3 Å². The average molecular weight is 1070 g/mol. The molecule has 0 aliphatic rings. The number of azo groups is 2. The molecule has 4 amide bonds. The molecule has 4 N–H and O–H groups in total. The highest BCUT2D eigenvalue weighted by Gasteiger charge is 2.27. The molecule has 0 spiro atoms. The number of alkyl halides is 3. The predicted octanol–water partition coefficient (Wildman–Crippen LogP) is 12.0. The molecule has 0 radical (unpaired) electrons. The lowest BCUT2D eigenvalue weighted by Crippen LogP contribution is -2.32. The highest BCUT2D eigenvalue weighted by molar-refractivity contribution is 6.35. The maximum Gasteiger partial charge on any atom is 0.258 e. The zero-order chi connectivity index (χ0) is 51.6. The first-order valence-electron chi connectivity index (χ1n) is 22.1. The van der Waals surface area contributed by atoms with E-state index < -0.39 is 47.3 Å². The standard InChI is InChI=1S/C50H49Cl5N8O8/c1-5-70-45-30(19-22-51)9-7-11-41(45)58-47(66)36-26-34(13-16-38(36)54)60-62-43(28(3)64)49(68)56-33-15-18-40(32(25-33)21-24-53)57-50(69)44(29(4)65)63-61-35-14-17-39(55)37(27-35)48(67)59-42-12-8-10-31(20-23-52)46(42)71-6-2/h7-18,25-27,43-44H,5-6,19-24H2,1-4H3,(H,56,68)(H,57,69)(H,58,66)(H,59,67). The Balaban J connectivity index is 1.28. The maximum atomic E-state index is 13.6. The fourth-order valence-corrected chi connectivity index (χ4v) is 7.89. The number of rotatable bonds is 24. The molecule has 5 rings (SSSR count). The first-order chi connectivity index (χ1) is 34.1. The van der Waals surface area contributed by atoms with Gasteiger partial charge in [-0.2, -0.15) is 20.5 Å². The van der Waals surface area contributed by atoms with Crippen molar-refractivity contribution >= 4 is 127 Å². The van der Waals surface area contributed by atoms with Gasteiger partial charge in [0.15, 0.2) is 11.6 Å². The molecule has 21 heteroatoms. The molecule has 5 aromatic carbocycles. The summed E-state index contributed by atoms with van der Waals surface area (Å²) in [5, 5.41) is 27.4. The van der Waals surface area contributed by atoms with Crippen molar-refractivity contribution in [1.29, 1.82) is 0 Å². The molecule has 0 aliphatic heterocycles. The van der Waals surface area contributed by atoms with Crippen molar-refractivity contribution in [1.82, 2.24) is 0 Å². The number of Topliss-reactive ketones (excluding diaryl/α,β-unsaturated/α-hetero) is 2. The molecule has 0 fully saturated rings. The van der Waals surface area contributed by atoms with Crippen LogP contribution in [0.3, 0.4) is 0 Å². The molecular weight excluding hydrogens is 1020 g/mol. The van der Waals surface area contributed by atoms with E-state index in [1.165, 1.54) is 68.4 Å². The van der Waals surface area contributed by atoms with E-state index in [1.54, 1.807) is 24.3 Å². The van der Waals surface area contributed by atoms with Gasteiger partial charge in [0.25, 0.3) is 23.6 Å². The monoisotopic (exact) mass is 1060 g/mol. The number of hydrogen-bond donors (Lipinski definition) is 4. The smallest absolute Gasteiger partial charge is 0.258 e. The molecule has 16 nitrogen and oxygen atoms in total. The van der Waals surface area contributed by atoms with Crippen LogP contribution in [0.4, 0.5) is 34.1 Å². The summed E-state index contributed by atoms with van der Waals surface area (Å²) in [6.45, 7) is 6.69. The number of ether oxygens (including phenoxy) is 2. The van der Waals surface area contributed by atoms with Crippen LogP contribution >= 0.6 is 58.0 Å². The van der Waals surface area contributed by atoms with Crippen molar-refractivity contribution in [3.63, 3.8) is 0 Å². The number of ketones is 2. The fourth-order valence-electron chi connectivity index (χ4n) is 6.87. The number of aryl methyl sites for hydroxylation is 3. The summed E-state index contributed by atoms with van der Waals surface area (Å²) in [5.74, 6) is -2.29. The maximum absolute atomic E-state index is 13.6. The Labute approximate surface area is 435 Å². The minimum Gasteiger partial charge on any atom is -0.491 e. The second-order valence-corrected chi connectivity index (χ2v) is 17.3. The Hall–Kier alpha value is -6.43. The molecule has 2 unspecified atom stereocenters. The van der Waals surface area contributed by atoms with E-state index >= 15 is 0 Å². The number of carbonyl (C=O) groups excluding carboxylic acids is 6. The molecule has 0 saturated carbocycles. The summed E-state index contributed by atoms with van der Waals surface area (Å²) in [6.07, 6.45) is 1.24. The van der Waals surface area contributed by atoms with Gasteiger partial charge in [0, 0.05) is 29.0 Å². The molecule has 0 saturated heterocycles. The first-order valence-corrected chi connectivity index (χ1v) is 24.4. The third-order valence-electron chi connectivity index (χ3n) is 10.2. The van der Waals surface area contributed by atoms with Crippen molar-refractivity contribution in [3.05, 3.63) is 129 Å². The van der Waals surface area contributed by atoms with Gasteiger partial charge in [-0.3, -0.25) is 28.8 Å². The summed E-state index contributed by atoms with van der Waals surface area (Å²) in [4.78, 5) is 79.5. The Morgan fingerprint density at radius 1 is 0.521 bits per heavy atom. The van der Waals surface area contributed by atoms with Gasteiger partial charge in [-0.05, 0) is 130 Å². The molecule has 2 atom stereocenters. The van der Waals surface area contributed by atoms with Crippen molar-refractivity contribution in [2.45, 2.75) is 59.0 Å². The van der Waals surface area contributed by atoms with E-state index in [4.69, 9.17) is 67.5 Å². The van der Waals surface area contributed by atoms with Crippen molar-refractivity contribution in [2.75, 3.05) is 52.1 Å². The lowest BCUT2D eigenvalue weighted by Gasteiger charge is -2.16. The van der Waals surface area contributed by atoms with Gasteiger partial charge in [-0.1, -0.05) is 47.5 Å². The highest BCUT2D eigenvalue weighted by Crippen LogP contribution is 2.34. The van der Waals surface area contributed by atoms with Gasteiger partial charge < -0.3 is 30.7 Å². The van der Waals surface area contributed by atoms with E-state index in [-0.39, 0.29) is 56.2 Å². The first kappa shape index (κ1) is 55.5. The molecule has 71 heavy (non-hydrogen) atoms. The predicted molar refractivity (Wildman–Crippen MR) is 279 cm³/mol. The molecule has 0 aliphatic carbocycles. The van der Waals surface area contributed by atoms with Crippen molar-refractivity contribution in [2.24, 2.45) is 20.5 Å². The third-order valence-corrected chi connectivity index (χ3v) is 11.4. The van der Waals surface area contributed by atoms with Crippen LogP contribution in [0, 0.1) is 0 Å². The fraction of sp³-hybridized carbons (Fsp3) is 0.280. The van der Waals surface area contributed by atoms with Gasteiger partial charge in [-0.15, -0.1) is 34.8 Å². The second-order valence-electron chi connectivity index (χ2n) is 15.3. The number of para-hydroxylation sites is 2. The minimum absolute atomic E-state index is 0.0448. The number of benzene rings is 5. The van der Waals surface area contributed by atoms with E-state index in [2.05, 4.69) is 41.7 Å². The van der Waals surface area contributed by atoms with Crippen LogP contribution in [-0.4, -0.2) is 78.1 Å². The summed E-state index contributed by atoms with van der Waals surface area (Å²) in [6, 6.07) is 20.4. The average Bonchev–Trinajstić information content (AvgIpc) is 3.33. The minimum atomic E-state index is -1.61. The van der Waals surface area contributed by atoms with Crippen LogP contribution in [0.15, 0.2) is 111 Å².